The van der Waals surface area contributed by atoms with Crippen LogP contribution in [0.25, 0.3) is 0 Å². The Morgan fingerprint density at radius 3 is 2.52 bits per heavy atom. The highest BCUT2D eigenvalue weighted by atomic mass is 16.6. The monoisotopic (exact) mass is 320 g/mol. The zero-order chi connectivity index (χ0) is 17.3. The van der Waals surface area contributed by atoms with Crippen LogP contribution in [0.1, 0.15) is 35.6 Å². The topological polar surface area (TPSA) is 108 Å². The quantitative estimate of drug-likeness (QED) is 0.660. The standard InChI is InChI=1S/C14H20N6O3/c1-8-12(9(2)18(5)17-8)6-15-14(21)11(4)19-10(3)13(7-16-19)20(22)23/h7,11H,6H2,1-5H3,(H,15,21). The molecular formula is C14H20N6O3. The van der Waals surface area contributed by atoms with Gasteiger partial charge < -0.3 is 5.32 Å². The average molecular weight is 320 g/mol. The van der Waals surface area contributed by atoms with Gasteiger partial charge in [-0.05, 0) is 27.7 Å². The van der Waals surface area contributed by atoms with Crippen LogP contribution in [-0.4, -0.2) is 30.4 Å². The third-order valence-electron chi connectivity index (χ3n) is 4.06. The van der Waals surface area contributed by atoms with E-state index in [0.29, 0.717) is 12.2 Å². The minimum Gasteiger partial charge on any atom is -0.350 e. The zero-order valence-electron chi connectivity index (χ0n) is 13.8. The van der Waals surface area contributed by atoms with Crippen molar-refractivity contribution in [3.8, 4) is 0 Å². The molecule has 0 aromatic carbocycles. The Morgan fingerprint density at radius 1 is 1.39 bits per heavy atom. The van der Waals surface area contributed by atoms with Crippen molar-refractivity contribution in [1.82, 2.24) is 24.9 Å². The molecule has 2 heterocycles. The van der Waals surface area contributed by atoms with Crippen LogP contribution in [0.3, 0.4) is 0 Å². The molecule has 2 rings (SSSR count). The van der Waals surface area contributed by atoms with Crippen LogP contribution < -0.4 is 5.32 Å². The molecular weight excluding hydrogens is 300 g/mol. The highest BCUT2D eigenvalue weighted by Gasteiger charge is 2.24. The first-order valence-electron chi connectivity index (χ1n) is 7.19. The van der Waals surface area contributed by atoms with E-state index in [-0.39, 0.29) is 11.6 Å². The molecule has 9 heteroatoms. The van der Waals surface area contributed by atoms with Crippen LogP contribution in [0, 0.1) is 30.9 Å². The average Bonchev–Trinajstić information content (AvgIpc) is 2.97. The third kappa shape index (κ3) is 3.08. The largest absolute Gasteiger partial charge is 0.350 e. The maximum absolute atomic E-state index is 12.3. The second kappa shape index (κ2) is 6.19. The van der Waals surface area contributed by atoms with Crippen molar-refractivity contribution in [3.63, 3.8) is 0 Å². The number of carbonyl (C=O) groups excluding carboxylic acids is 1. The highest BCUT2D eigenvalue weighted by Crippen LogP contribution is 2.20. The molecule has 0 aliphatic carbocycles. The summed E-state index contributed by atoms with van der Waals surface area (Å²) in [5.74, 6) is -0.256. The molecule has 2 aromatic heterocycles. The fraction of sp³-hybridized carbons (Fsp3) is 0.500. The molecule has 124 valence electrons. The van der Waals surface area contributed by atoms with Gasteiger partial charge in [0.1, 0.15) is 17.9 Å². The van der Waals surface area contributed by atoms with Gasteiger partial charge in [-0.1, -0.05) is 0 Å². The molecule has 0 saturated heterocycles. The van der Waals surface area contributed by atoms with E-state index in [1.54, 1.807) is 18.5 Å². The number of rotatable bonds is 5. The summed E-state index contributed by atoms with van der Waals surface area (Å²) in [4.78, 5) is 22.7. The molecule has 0 fully saturated rings. The lowest BCUT2D eigenvalue weighted by Crippen LogP contribution is -2.31. The Labute approximate surface area is 133 Å². The number of carbonyl (C=O) groups is 1. The third-order valence-corrected chi connectivity index (χ3v) is 4.06. The number of nitrogens with zero attached hydrogens (tertiary/aromatic N) is 5. The van der Waals surface area contributed by atoms with E-state index in [1.807, 2.05) is 20.9 Å². The summed E-state index contributed by atoms with van der Waals surface area (Å²) in [6.45, 7) is 7.41. The van der Waals surface area contributed by atoms with Gasteiger partial charge in [0.2, 0.25) is 5.91 Å². The van der Waals surface area contributed by atoms with Gasteiger partial charge in [-0.3, -0.25) is 24.3 Å². The van der Waals surface area contributed by atoms with Crippen LogP contribution in [-0.2, 0) is 18.4 Å². The molecule has 0 spiro atoms. The van der Waals surface area contributed by atoms with Crippen molar-refractivity contribution >= 4 is 11.6 Å². The van der Waals surface area contributed by atoms with Gasteiger partial charge in [0.05, 0.1) is 10.6 Å². The molecule has 1 atom stereocenters. The zero-order valence-corrected chi connectivity index (χ0v) is 13.8. The normalized spacial score (nSPS) is 12.2. The second-order valence-corrected chi connectivity index (χ2v) is 5.48. The molecule has 1 amide bonds. The Morgan fingerprint density at radius 2 is 2.04 bits per heavy atom. The van der Waals surface area contributed by atoms with Gasteiger partial charge in [-0.25, -0.2) is 0 Å². The van der Waals surface area contributed by atoms with E-state index in [0.717, 1.165) is 23.1 Å². The van der Waals surface area contributed by atoms with Crippen molar-refractivity contribution in [1.29, 1.82) is 0 Å². The van der Waals surface area contributed by atoms with Gasteiger partial charge in [0.15, 0.2) is 0 Å². The fourth-order valence-electron chi connectivity index (χ4n) is 2.49. The molecule has 0 aliphatic rings. The van der Waals surface area contributed by atoms with E-state index in [9.17, 15) is 14.9 Å². The summed E-state index contributed by atoms with van der Waals surface area (Å²) in [7, 11) is 1.85. The number of nitro groups is 1. The van der Waals surface area contributed by atoms with Gasteiger partial charge >= 0.3 is 5.69 Å². The van der Waals surface area contributed by atoms with E-state index >= 15 is 0 Å². The number of hydrogen-bond acceptors (Lipinski definition) is 5. The van der Waals surface area contributed by atoms with Crippen molar-refractivity contribution in [2.24, 2.45) is 7.05 Å². The summed E-state index contributed by atoms with van der Waals surface area (Å²) in [6, 6.07) is -0.638. The van der Waals surface area contributed by atoms with Crippen LogP contribution in [0.2, 0.25) is 0 Å². The molecule has 1 N–H and O–H groups in total. The lowest BCUT2D eigenvalue weighted by atomic mass is 10.2. The molecule has 0 radical (unpaired) electrons. The van der Waals surface area contributed by atoms with Gasteiger partial charge in [0.25, 0.3) is 0 Å². The summed E-state index contributed by atoms with van der Waals surface area (Å²) < 4.78 is 3.12. The summed E-state index contributed by atoms with van der Waals surface area (Å²) in [5, 5.41) is 21.9. The van der Waals surface area contributed by atoms with E-state index in [2.05, 4.69) is 15.5 Å². The number of nitrogens with one attached hydrogen (secondary N) is 1. The predicted molar refractivity (Wildman–Crippen MR) is 82.9 cm³/mol. The Kier molecular flexibility index (Phi) is 4.48. The Hall–Kier alpha value is -2.71. The summed E-state index contributed by atoms with van der Waals surface area (Å²) >= 11 is 0. The molecule has 0 bridgehead atoms. The first kappa shape index (κ1) is 16.7. The lowest BCUT2D eigenvalue weighted by molar-refractivity contribution is -0.385. The van der Waals surface area contributed by atoms with Crippen molar-refractivity contribution < 1.29 is 9.72 Å². The minimum atomic E-state index is -0.638. The van der Waals surface area contributed by atoms with Crippen molar-refractivity contribution in [2.45, 2.75) is 40.3 Å². The first-order chi connectivity index (χ1) is 10.7. The van der Waals surface area contributed by atoms with Crippen LogP contribution in [0.15, 0.2) is 6.20 Å². The van der Waals surface area contributed by atoms with Crippen molar-refractivity contribution in [2.75, 3.05) is 0 Å². The van der Waals surface area contributed by atoms with E-state index in [4.69, 9.17) is 0 Å². The summed E-state index contributed by atoms with van der Waals surface area (Å²) in [5.41, 5.74) is 3.08. The van der Waals surface area contributed by atoms with Crippen LogP contribution in [0.5, 0.6) is 0 Å². The maximum atomic E-state index is 12.3. The van der Waals surface area contributed by atoms with Crippen LogP contribution >= 0.6 is 0 Å². The van der Waals surface area contributed by atoms with Gasteiger partial charge in [-0.15, -0.1) is 0 Å². The Bertz CT molecular complexity index is 761. The Balaban J connectivity index is 2.10. The lowest BCUT2D eigenvalue weighted by Gasteiger charge is -2.14. The van der Waals surface area contributed by atoms with Gasteiger partial charge in [-0.2, -0.15) is 10.2 Å². The summed E-state index contributed by atoms with van der Waals surface area (Å²) in [6.07, 6.45) is 1.16. The molecule has 2 aromatic rings. The number of hydrogen-bond donors (Lipinski definition) is 1. The minimum absolute atomic E-state index is 0.0939. The molecule has 0 saturated carbocycles. The molecule has 23 heavy (non-hydrogen) atoms. The first-order valence-corrected chi connectivity index (χ1v) is 7.19. The molecule has 0 aliphatic heterocycles. The fourth-order valence-corrected chi connectivity index (χ4v) is 2.49. The highest BCUT2D eigenvalue weighted by molar-refractivity contribution is 5.80. The SMILES string of the molecule is Cc1nn(C)c(C)c1CNC(=O)C(C)n1ncc([N+](=O)[O-])c1C. The van der Waals surface area contributed by atoms with E-state index in [1.165, 1.54) is 4.68 Å². The van der Waals surface area contributed by atoms with Gasteiger partial charge in [0, 0.05) is 24.8 Å². The number of aromatic nitrogens is 4. The smallest absolute Gasteiger partial charge is 0.309 e. The maximum Gasteiger partial charge on any atom is 0.309 e. The number of amides is 1. The molecule has 9 nitrogen and oxygen atoms in total. The van der Waals surface area contributed by atoms with Crippen LogP contribution in [0.4, 0.5) is 5.69 Å². The second-order valence-electron chi connectivity index (χ2n) is 5.48. The molecule has 1 unspecified atom stereocenters. The number of aryl methyl sites for hydroxylation is 2. The van der Waals surface area contributed by atoms with E-state index < -0.39 is 11.0 Å². The predicted octanol–water partition coefficient (Wildman–Crippen LogP) is 1.33. The van der Waals surface area contributed by atoms with Crippen molar-refractivity contribution in [3.05, 3.63) is 39.0 Å².